The Hall–Kier alpha value is -7.30. The minimum atomic E-state index is 0.647. The van der Waals surface area contributed by atoms with Crippen LogP contribution in [0.4, 0.5) is 0 Å². The van der Waals surface area contributed by atoms with E-state index in [9.17, 15) is 0 Å². The zero-order valence-corrected chi connectivity index (χ0v) is 30.4. The monoisotopic (exact) mass is 718 g/mol. The van der Waals surface area contributed by atoms with Crippen molar-refractivity contribution in [2.75, 3.05) is 0 Å². The Kier molecular flexibility index (Phi) is 7.59. The molecule has 0 unspecified atom stereocenters. The van der Waals surface area contributed by atoms with Crippen LogP contribution in [0.2, 0.25) is 0 Å². The first-order valence-corrected chi connectivity index (χ1v) is 19.1. The molecule has 264 valence electrons. The van der Waals surface area contributed by atoms with Gasteiger partial charge in [-0.05, 0) is 94.8 Å². The molecule has 3 aromatic heterocycles. The third-order valence-electron chi connectivity index (χ3n) is 11.0. The van der Waals surface area contributed by atoms with E-state index in [-0.39, 0.29) is 0 Å². The number of hydrogen-bond donors (Lipinski definition) is 0. The van der Waals surface area contributed by atoms with Gasteiger partial charge in [-0.15, -0.1) is 0 Å². The van der Waals surface area contributed by atoms with Crippen molar-refractivity contribution in [2.24, 2.45) is 0 Å². The molecule has 0 aliphatic heterocycles. The molecule has 0 fully saturated rings. The molecule has 0 radical (unpaired) electrons. The van der Waals surface area contributed by atoms with Crippen LogP contribution < -0.4 is 0 Å². The van der Waals surface area contributed by atoms with Gasteiger partial charge >= 0.3 is 0 Å². The number of furan rings is 2. The zero-order chi connectivity index (χ0) is 37.0. The maximum absolute atomic E-state index is 6.52. The number of rotatable bonds is 6. The van der Waals surface area contributed by atoms with E-state index < -0.39 is 0 Å². The molecule has 11 rings (SSSR count). The molecule has 4 nitrogen and oxygen atoms in total. The first kappa shape index (κ1) is 32.2. The largest absolute Gasteiger partial charge is 0.456 e. The Morgan fingerprint density at radius 1 is 0.429 bits per heavy atom. The highest BCUT2D eigenvalue weighted by Gasteiger charge is 2.20. The van der Waals surface area contributed by atoms with Gasteiger partial charge in [0.15, 0.2) is 5.82 Å². The van der Waals surface area contributed by atoms with Crippen LogP contribution in [0.25, 0.3) is 106 Å². The predicted octanol–water partition coefficient (Wildman–Crippen LogP) is 14.3. The van der Waals surface area contributed by atoms with Crippen LogP contribution in [0.3, 0.4) is 0 Å². The highest BCUT2D eigenvalue weighted by Crippen LogP contribution is 2.41. The normalized spacial score (nSPS) is 12.9. The molecule has 4 heteroatoms. The second-order valence-corrected chi connectivity index (χ2v) is 14.4. The van der Waals surface area contributed by atoms with Crippen molar-refractivity contribution in [3.63, 3.8) is 0 Å². The lowest BCUT2D eigenvalue weighted by atomic mass is 9.93. The van der Waals surface area contributed by atoms with Crippen LogP contribution in [0, 0.1) is 0 Å². The first-order valence-electron chi connectivity index (χ1n) is 19.1. The number of fused-ring (bicyclic) bond motifs is 6. The fourth-order valence-corrected chi connectivity index (χ4v) is 8.23. The Bertz CT molecular complexity index is 3200. The topological polar surface area (TPSA) is 52.1 Å². The fourth-order valence-electron chi connectivity index (χ4n) is 8.23. The lowest BCUT2D eigenvalue weighted by Gasteiger charge is -2.12. The molecule has 1 aliphatic carbocycles. The van der Waals surface area contributed by atoms with E-state index in [1.807, 2.05) is 48.5 Å². The summed E-state index contributed by atoms with van der Waals surface area (Å²) in [6, 6.07) is 57.2. The summed E-state index contributed by atoms with van der Waals surface area (Å²) in [7, 11) is 0. The highest BCUT2D eigenvalue weighted by atomic mass is 16.3. The number of allylic oxidation sites excluding steroid dienone is 4. The van der Waals surface area contributed by atoms with Gasteiger partial charge in [0.2, 0.25) is 0 Å². The predicted molar refractivity (Wildman–Crippen MR) is 230 cm³/mol. The summed E-state index contributed by atoms with van der Waals surface area (Å²) >= 11 is 0. The maximum atomic E-state index is 6.52. The van der Waals surface area contributed by atoms with E-state index in [4.69, 9.17) is 18.8 Å². The molecule has 7 aromatic carbocycles. The number of benzene rings is 7. The van der Waals surface area contributed by atoms with Crippen molar-refractivity contribution >= 4 is 49.5 Å². The van der Waals surface area contributed by atoms with E-state index in [0.717, 1.165) is 95.9 Å². The summed E-state index contributed by atoms with van der Waals surface area (Å²) in [6.45, 7) is 0. The minimum Gasteiger partial charge on any atom is -0.456 e. The molecule has 0 bridgehead atoms. The van der Waals surface area contributed by atoms with Crippen LogP contribution >= 0.6 is 0 Å². The lowest BCUT2D eigenvalue weighted by molar-refractivity contribution is 0.669. The number of para-hydroxylation sites is 2. The van der Waals surface area contributed by atoms with E-state index in [2.05, 4.69) is 133 Å². The molecular formula is C52H34N2O2. The van der Waals surface area contributed by atoms with Gasteiger partial charge in [-0.25, -0.2) is 9.97 Å². The molecule has 0 spiro atoms. The van der Waals surface area contributed by atoms with Gasteiger partial charge in [0, 0.05) is 38.2 Å². The van der Waals surface area contributed by atoms with E-state index >= 15 is 0 Å². The van der Waals surface area contributed by atoms with Crippen LogP contribution in [-0.2, 0) is 0 Å². The maximum Gasteiger partial charge on any atom is 0.160 e. The van der Waals surface area contributed by atoms with Gasteiger partial charge in [0.05, 0.1) is 11.4 Å². The van der Waals surface area contributed by atoms with Gasteiger partial charge in [0.25, 0.3) is 0 Å². The molecule has 0 amide bonds. The molecule has 0 saturated carbocycles. The lowest BCUT2D eigenvalue weighted by Crippen LogP contribution is -1.96. The smallest absolute Gasteiger partial charge is 0.160 e. The minimum absolute atomic E-state index is 0.647. The standard InChI is InChI=1S/C52H34N2O2/c1-3-13-33(14-4-1)35-17-9-18-36(29-35)37-19-10-20-38(30-37)39-27-28-48-44(31-39)50-42(23-12-26-49(50)55-48)45-32-46(54-52(53-45)34-15-5-2-6-16-34)43-24-11-22-41-40-21-7-8-25-47(40)56-51(41)43/h1-3,5-13,15-32H,4,14H2. The Morgan fingerprint density at radius 3 is 1.88 bits per heavy atom. The summed E-state index contributed by atoms with van der Waals surface area (Å²) in [5.41, 5.74) is 15.1. The zero-order valence-electron chi connectivity index (χ0n) is 30.4. The number of nitrogens with zero attached hydrogens (tertiary/aromatic N) is 2. The summed E-state index contributed by atoms with van der Waals surface area (Å²) < 4.78 is 13.0. The number of aromatic nitrogens is 2. The summed E-state index contributed by atoms with van der Waals surface area (Å²) in [4.78, 5) is 10.4. The second kappa shape index (κ2) is 13.2. The molecule has 0 N–H and O–H groups in total. The third-order valence-corrected chi connectivity index (χ3v) is 11.0. The van der Waals surface area contributed by atoms with Crippen LogP contribution in [0.15, 0.2) is 191 Å². The Labute approximate surface area is 323 Å². The second-order valence-electron chi connectivity index (χ2n) is 14.4. The molecule has 10 aromatic rings. The van der Waals surface area contributed by atoms with Crippen molar-refractivity contribution < 1.29 is 8.83 Å². The van der Waals surface area contributed by atoms with Gasteiger partial charge in [-0.1, -0.05) is 133 Å². The summed E-state index contributed by atoms with van der Waals surface area (Å²) in [5, 5.41) is 4.21. The van der Waals surface area contributed by atoms with Crippen LogP contribution in [0.5, 0.6) is 0 Å². The van der Waals surface area contributed by atoms with E-state index in [0.29, 0.717) is 5.82 Å². The molecule has 0 atom stereocenters. The summed E-state index contributed by atoms with van der Waals surface area (Å²) in [6.07, 6.45) is 8.80. The van der Waals surface area contributed by atoms with Crippen molar-refractivity contribution in [2.45, 2.75) is 12.8 Å². The van der Waals surface area contributed by atoms with Gasteiger partial charge in [-0.3, -0.25) is 0 Å². The van der Waals surface area contributed by atoms with Crippen molar-refractivity contribution in [1.29, 1.82) is 0 Å². The van der Waals surface area contributed by atoms with Gasteiger partial charge in [-0.2, -0.15) is 0 Å². The van der Waals surface area contributed by atoms with Crippen LogP contribution in [0.1, 0.15) is 18.4 Å². The summed E-state index contributed by atoms with van der Waals surface area (Å²) in [5.74, 6) is 0.647. The molecule has 56 heavy (non-hydrogen) atoms. The van der Waals surface area contributed by atoms with E-state index in [1.54, 1.807) is 0 Å². The van der Waals surface area contributed by atoms with Crippen molar-refractivity contribution in [3.05, 3.63) is 188 Å². The number of hydrogen-bond acceptors (Lipinski definition) is 4. The molecular weight excluding hydrogens is 685 g/mol. The average molecular weight is 719 g/mol. The molecule has 3 heterocycles. The first-order chi connectivity index (χ1) is 27.7. The Morgan fingerprint density at radius 2 is 1.05 bits per heavy atom. The Balaban J connectivity index is 1.06. The van der Waals surface area contributed by atoms with E-state index in [1.165, 1.54) is 22.3 Å². The fraction of sp³-hybridized carbons (Fsp3) is 0.0385. The highest BCUT2D eigenvalue weighted by molar-refractivity contribution is 6.14. The SMILES string of the molecule is C1=CCCC(c2cccc(-c3cccc(-c4ccc5oc6cccc(-c7cc(-c8cccc9c8oc8ccccc89)nc(-c8ccccc8)n7)c6c5c4)c3)c2)=C1. The van der Waals surface area contributed by atoms with Gasteiger partial charge < -0.3 is 8.83 Å². The molecule has 0 saturated heterocycles. The van der Waals surface area contributed by atoms with Crippen molar-refractivity contribution in [1.82, 2.24) is 9.97 Å². The van der Waals surface area contributed by atoms with Crippen LogP contribution in [-0.4, -0.2) is 9.97 Å². The van der Waals surface area contributed by atoms with Crippen molar-refractivity contribution in [3.8, 4) is 56.2 Å². The molecule has 1 aliphatic rings. The average Bonchev–Trinajstić information content (AvgIpc) is 3.85. The van der Waals surface area contributed by atoms with Gasteiger partial charge in [0.1, 0.15) is 22.3 Å². The quantitative estimate of drug-likeness (QED) is 0.172. The third kappa shape index (κ3) is 5.54.